The first-order valence-electron chi connectivity index (χ1n) is 8.12. The third-order valence-electron chi connectivity index (χ3n) is 5.19. The van der Waals surface area contributed by atoms with Crippen LogP contribution in [0.4, 0.5) is 0 Å². The van der Waals surface area contributed by atoms with E-state index in [0.717, 1.165) is 53.9 Å². The maximum atomic E-state index is 13.1. The highest BCUT2D eigenvalue weighted by molar-refractivity contribution is 7.89. The Balaban J connectivity index is 2.08. The molecule has 2 heterocycles. The molecular weight excluding hydrogens is 318 g/mol. The van der Waals surface area contributed by atoms with E-state index < -0.39 is 21.3 Å². The molecule has 0 amide bonds. The number of fused-ring (bicyclic) bond motifs is 1. The number of piperidine rings is 1. The van der Waals surface area contributed by atoms with E-state index >= 15 is 0 Å². The van der Waals surface area contributed by atoms with E-state index in [1.54, 1.807) is 0 Å². The predicted octanol–water partition coefficient (Wildman–Crippen LogP) is 0.427. The molecule has 8 heteroatoms. The van der Waals surface area contributed by atoms with Crippen molar-refractivity contribution in [2.75, 3.05) is 6.54 Å². The van der Waals surface area contributed by atoms with Gasteiger partial charge in [-0.05, 0) is 31.6 Å². The van der Waals surface area contributed by atoms with Gasteiger partial charge in [-0.15, -0.1) is 0 Å². The molecule has 0 N–H and O–H groups in total. The molecule has 0 spiro atoms. The Bertz CT molecular complexity index is 822. The summed E-state index contributed by atoms with van der Waals surface area (Å²) in [6, 6.07) is -0.00978. The van der Waals surface area contributed by atoms with E-state index in [1.807, 2.05) is 0 Å². The number of aromatic nitrogens is 2. The van der Waals surface area contributed by atoms with Gasteiger partial charge in [-0.2, -0.15) is 4.31 Å². The van der Waals surface area contributed by atoms with E-state index in [2.05, 4.69) is 0 Å². The Labute approximate surface area is 135 Å². The van der Waals surface area contributed by atoms with Crippen LogP contribution in [0.2, 0.25) is 0 Å². The molecule has 23 heavy (non-hydrogen) atoms. The van der Waals surface area contributed by atoms with E-state index in [9.17, 15) is 18.0 Å². The Morgan fingerprint density at radius 2 is 1.70 bits per heavy atom. The molecule has 1 aromatic rings. The molecule has 0 bridgehead atoms. The summed E-state index contributed by atoms with van der Waals surface area (Å²) in [7, 11) is -1.12. The number of rotatable bonds is 2. The van der Waals surface area contributed by atoms with Crippen molar-refractivity contribution in [2.45, 2.75) is 49.5 Å². The maximum absolute atomic E-state index is 13.1. The van der Waals surface area contributed by atoms with Crippen LogP contribution in [0.3, 0.4) is 0 Å². The first-order valence-corrected chi connectivity index (χ1v) is 9.56. The van der Waals surface area contributed by atoms with Gasteiger partial charge in [0, 0.05) is 32.9 Å². The van der Waals surface area contributed by atoms with Crippen LogP contribution in [-0.2, 0) is 24.1 Å². The van der Waals surface area contributed by atoms with Crippen molar-refractivity contribution in [3.05, 3.63) is 27.0 Å². The zero-order valence-electron chi connectivity index (χ0n) is 13.6. The van der Waals surface area contributed by atoms with Crippen molar-refractivity contribution in [1.82, 2.24) is 13.4 Å². The topological polar surface area (TPSA) is 81.4 Å². The van der Waals surface area contributed by atoms with E-state index in [-0.39, 0.29) is 10.9 Å². The van der Waals surface area contributed by atoms with Crippen molar-refractivity contribution in [3.8, 4) is 0 Å². The summed E-state index contributed by atoms with van der Waals surface area (Å²) in [4.78, 5) is 23.8. The molecule has 2 atom stereocenters. The Kier molecular flexibility index (Phi) is 4.22. The summed E-state index contributed by atoms with van der Waals surface area (Å²) in [6.45, 7) is 0.454. The average molecular weight is 341 g/mol. The molecule has 7 nitrogen and oxygen atoms in total. The number of hydrogen-bond acceptors (Lipinski definition) is 4. The highest BCUT2D eigenvalue weighted by atomic mass is 32.2. The number of hydrogen-bond donors (Lipinski definition) is 0. The van der Waals surface area contributed by atoms with Crippen LogP contribution in [0.25, 0.3) is 0 Å². The summed E-state index contributed by atoms with van der Waals surface area (Å²) >= 11 is 0. The summed E-state index contributed by atoms with van der Waals surface area (Å²) < 4.78 is 29.7. The van der Waals surface area contributed by atoms with Gasteiger partial charge in [-0.3, -0.25) is 9.36 Å². The Morgan fingerprint density at radius 3 is 2.43 bits per heavy atom. The van der Waals surface area contributed by atoms with Gasteiger partial charge in [0.05, 0.1) is 0 Å². The monoisotopic (exact) mass is 341 g/mol. The normalized spacial score (nSPS) is 26.0. The average Bonchev–Trinajstić information content (AvgIpc) is 2.55. The molecule has 128 valence electrons. The molecule has 1 aromatic heterocycles. The largest absolute Gasteiger partial charge is 0.330 e. The van der Waals surface area contributed by atoms with E-state index in [0.29, 0.717) is 12.5 Å². The second kappa shape index (κ2) is 5.90. The molecule has 0 aromatic carbocycles. The molecular formula is C15H23N3O4S. The van der Waals surface area contributed by atoms with Crippen LogP contribution >= 0.6 is 0 Å². The molecule has 1 aliphatic heterocycles. The number of sulfonamides is 1. The molecule has 1 aliphatic carbocycles. The molecule has 2 aliphatic rings. The van der Waals surface area contributed by atoms with Gasteiger partial charge in [0.15, 0.2) is 4.90 Å². The second-order valence-electron chi connectivity index (χ2n) is 6.62. The summed E-state index contributed by atoms with van der Waals surface area (Å²) in [5, 5.41) is 0. The minimum Gasteiger partial charge on any atom is -0.302 e. The van der Waals surface area contributed by atoms with Crippen molar-refractivity contribution >= 4 is 10.0 Å². The maximum Gasteiger partial charge on any atom is 0.330 e. The van der Waals surface area contributed by atoms with Gasteiger partial charge in [0.1, 0.15) is 0 Å². The predicted molar refractivity (Wildman–Crippen MR) is 85.8 cm³/mol. The van der Waals surface area contributed by atoms with Crippen LogP contribution in [0.15, 0.2) is 20.7 Å². The lowest BCUT2D eigenvalue weighted by Gasteiger charge is -2.42. The SMILES string of the molecule is Cn1cc(S(=O)(=O)N2CCCC3CCCCC32)c(=O)n(C)c1=O. The highest BCUT2D eigenvalue weighted by Gasteiger charge is 2.41. The summed E-state index contributed by atoms with van der Waals surface area (Å²) in [5.41, 5.74) is -1.27. The third-order valence-corrected chi connectivity index (χ3v) is 7.10. The van der Waals surface area contributed by atoms with Gasteiger partial charge in [0.25, 0.3) is 5.56 Å². The minimum atomic E-state index is -3.88. The lowest BCUT2D eigenvalue weighted by Crippen LogP contribution is -2.51. The van der Waals surface area contributed by atoms with Gasteiger partial charge in [0.2, 0.25) is 10.0 Å². The van der Waals surface area contributed by atoms with Gasteiger partial charge < -0.3 is 4.57 Å². The third kappa shape index (κ3) is 2.67. The lowest BCUT2D eigenvalue weighted by molar-refractivity contribution is 0.129. The Hall–Kier alpha value is -1.41. The molecule has 3 rings (SSSR count). The van der Waals surface area contributed by atoms with Crippen molar-refractivity contribution in [3.63, 3.8) is 0 Å². The second-order valence-corrected chi connectivity index (χ2v) is 8.48. The number of nitrogens with zero attached hydrogens (tertiary/aromatic N) is 3. The van der Waals surface area contributed by atoms with Gasteiger partial charge >= 0.3 is 5.69 Å². The van der Waals surface area contributed by atoms with Crippen molar-refractivity contribution < 1.29 is 8.42 Å². The summed E-state index contributed by atoms with van der Waals surface area (Å²) in [5.74, 6) is 0.392. The molecule has 1 saturated carbocycles. The van der Waals surface area contributed by atoms with E-state index in [1.165, 1.54) is 18.4 Å². The van der Waals surface area contributed by atoms with Crippen LogP contribution in [0, 0.1) is 5.92 Å². The molecule has 1 saturated heterocycles. The first-order chi connectivity index (χ1) is 10.8. The smallest absolute Gasteiger partial charge is 0.302 e. The van der Waals surface area contributed by atoms with Crippen LogP contribution in [0.5, 0.6) is 0 Å². The highest BCUT2D eigenvalue weighted by Crippen LogP contribution is 2.37. The Morgan fingerprint density at radius 1 is 1.04 bits per heavy atom. The fraction of sp³-hybridized carbons (Fsp3) is 0.733. The number of aryl methyl sites for hydroxylation is 1. The standard InChI is InChI=1S/C15H23N3O4S/c1-16-10-13(14(19)17(2)15(16)20)23(21,22)18-9-5-7-11-6-3-4-8-12(11)18/h10-12H,3-9H2,1-2H3. The minimum absolute atomic E-state index is 0.00978. The molecule has 2 fully saturated rings. The first kappa shape index (κ1) is 16.4. The summed E-state index contributed by atoms with van der Waals surface area (Å²) in [6.07, 6.45) is 7.13. The van der Waals surface area contributed by atoms with Crippen LogP contribution in [-0.4, -0.2) is 34.4 Å². The lowest BCUT2D eigenvalue weighted by atomic mass is 9.79. The van der Waals surface area contributed by atoms with Crippen LogP contribution in [0.1, 0.15) is 38.5 Å². The fourth-order valence-corrected chi connectivity index (χ4v) is 5.86. The van der Waals surface area contributed by atoms with Gasteiger partial charge in [-0.25, -0.2) is 13.2 Å². The van der Waals surface area contributed by atoms with Gasteiger partial charge in [-0.1, -0.05) is 12.8 Å². The fourth-order valence-electron chi connectivity index (χ4n) is 3.96. The van der Waals surface area contributed by atoms with Crippen molar-refractivity contribution in [1.29, 1.82) is 0 Å². The zero-order chi connectivity index (χ0) is 16.8. The van der Waals surface area contributed by atoms with E-state index in [4.69, 9.17) is 0 Å². The van der Waals surface area contributed by atoms with Crippen LogP contribution < -0.4 is 11.2 Å². The molecule has 2 unspecified atom stereocenters. The molecule has 0 radical (unpaired) electrons. The van der Waals surface area contributed by atoms with Crippen molar-refractivity contribution in [2.24, 2.45) is 20.0 Å². The zero-order valence-corrected chi connectivity index (χ0v) is 14.4. The quantitative estimate of drug-likeness (QED) is 0.781.